The van der Waals surface area contributed by atoms with E-state index in [-0.39, 0.29) is 19.1 Å². The van der Waals surface area contributed by atoms with Gasteiger partial charge in [0.2, 0.25) is 0 Å². The van der Waals surface area contributed by atoms with Crippen LogP contribution in [0.3, 0.4) is 0 Å². The van der Waals surface area contributed by atoms with Crippen LogP contribution in [0, 0.1) is 0 Å². The van der Waals surface area contributed by atoms with Crippen LogP contribution in [0.15, 0.2) is 30.7 Å². The monoisotopic (exact) mass is 426 g/mol. The molecule has 1 atom stereocenters. The van der Waals surface area contributed by atoms with Gasteiger partial charge in [-0.25, -0.2) is 9.97 Å². The molecule has 10 nitrogen and oxygen atoms in total. The third kappa shape index (κ3) is 4.54. The lowest BCUT2D eigenvalue weighted by Crippen LogP contribution is -2.50. The maximum Gasteiger partial charge on any atom is 0.259 e. The zero-order valence-corrected chi connectivity index (χ0v) is 17.5. The second-order valence-electron chi connectivity index (χ2n) is 7.39. The van der Waals surface area contributed by atoms with E-state index in [1.165, 1.54) is 13.4 Å². The van der Waals surface area contributed by atoms with E-state index < -0.39 is 6.17 Å². The molecule has 31 heavy (non-hydrogen) atoms. The van der Waals surface area contributed by atoms with E-state index in [9.17, 15) is 9.90 Å². The summed E-state index contributed by atoms with van der Waals surface area (Å²) in [5.41, 5.74) is 2.59. The van der Waals surface area contributed by atoms with Gasteiger partial charge in [-0.2, -0.15) is 0 Å². The second kappa shape index (κ2) is 9.19. The van der Waals surface area contributed by atoms with Gasteiger partial charge >= 0.3 is 0 Å². The lowest BCUT2D eigenvalue weighted by molar-refractivity contribution is -0.125. The second-order valence-corrected chi connectivity index (χ2v) is 7.39. The SMILES string of the molecule is COc1ccc2cc1OCC(=O)NC(CO)N(C)CCCc1c[nH]c3ncnc(c13)N2. The van der Waals surface area contributed by atoms with Crippen LogP contribution in [-0.2, 0) is 11.2 Å². The molecule has 1 unspecified atom stereocenters. The van der Waals surface area contributed by atoms with E-state index in [1.807, 2.05) is 24.2 Å². The van der Waals surface area contributed by atoms with Crippen LogP contribution >= 0.6 is 0 Å². The Bertz CT molecular complexity index is 1070. The van der Waals surface area contributed by atoms with Crippen LogP contribution in [0.5, 0.6) is 11.5 Å². The topological polar surface area (TPSA) is 125 Å². The van der Waals surface area contributed by atoms with Crippen LogP contribution in [0.2, 0.25) is 0 Å². The number of hydrogen-bond donors (Lipinski definition) is 4. The fourth-order valence-corrected chi connectivity index (χ4v) is 3.66. The minimum absolute atomic E-state index is 0.198. The highest BCUT2D eigenvalue weighted by Gasteiger charge is 2.19. The van der Waals surface area contributed by atoms with Crippen LogP contribution < -0.4 is 20.1 Å². The van der Waals surface area contributed by atoms with Crippen molar-refractivity contribution in [2.24, 2.45) is 0 Å². The number of carbonyl (C=O) groups excluding carboxylic acids is 1. The number of H-pyrrole nitrogens is 1. The number of ether oxygens (including phenoxy) is 2. The number of aromatic amines is 1. The Balaban J connectivity index is 1.73. The zero-order valence-electron chi connectivity index (χ0n) is 17.5. The van der Waals surface area contributed by atoms with Crippen LogP contribution in [0.25, 0.3) is 11.0 Å². The van der Waals surface area contributed by atoms with E-state index >= 15 is 0 Å². The van der Waals surface area contributed by atoms with Crippen molar-refractivity contribution in [1.29, 1.82) is 0 Å². The molecule has 164 valence electrons. The van der Waals surface area contributed by atoms with Crippen molar-refractivity contribution >= 4 is 28.4 Å². The quantitative estimate of drug-likeness (QED) is 0.485. The number of carbonyl (C=O) groups is 1. The summed E-state index contributed by atoms with van der Waals surface area (Å²) in [5.74, 6) is 1.28. The number of aliphatic hydroxyl groups is 1. The van der Waals surface area contributed by atoms with E-state index in [4.69, 9.17) is 9.47 Å². The minimum atomic E-state index is -0.499. The number of amides is 1. The van der Waals surface area contributed by atoms with E-state index in [1.54, 1.807) is 12.1 Å². The van der Waals surface area contributed by atoms with Crippen LogP contribution in [0.4, 0.5) is 11.5 Å². The first-order chi connectivity index (χ1) is 15.1. The predicted octanol–water partition coefficient (Wildman–Crippen LogP) is 1.40. The highest BCUT2D eigenvalue weighted by Crippen LogP contribution is 2.33. The number of aryl methyl sites for hydroxylation is 1. The normalized spacial score (nSPS) is 18.2. The Morgan fingerprint density at radius 2 is 2.23 bits per heavy atom. The van der Waals surface area contributed by atoms with Crippen LogP contribution in [-0.4, -0.2) is 70.9 Å². The lowest BCUT2D eigenvalue weighted by atomic mass is 10.1. The molecule has 2 bridgehead atoms. The third-order valence-corrected chi connectivity index (χ3v) is 5.33. The molecule has 2 aromatic heterocycles. The molecule has 0 fully saturated rings. The van der Waals surface area contributed by atoms with Crippen molar-refractivity contribution in [3.63, 3.8) is 0 Å². The minimum Gasteiger partial charge on any atom is -0.493 e. The Hall–Kier alpha value is -3.37. The Kier molecular flexibility index (Phi) is 6.19. The molecule has 1 amide bonds. The summed E-state index contributed by atoms with van der Waals surface area (Å²) in [5, 5.41) is 16.8. The van der Waals surface area contributed by atoms with Crippen molar-refractivity contribution in [3.05, 3.63) is 36.3 Å². The summed E-state index contributed by atoms with van der Waals surface area (Å²) in [6.07, 6.45) is 4.57. The van der Waals surface area contributed by atoms with Gasteiger partial charge < -0.3 is 30.2 Å². The molecule has 1 aliphatic heterocycles. The fourth-order valence-electron chi connectivity index (χ4n) is 3.66. The molecular weight excluding hydrogens is 400 g/mol. The van der Waals surface area contributed by atoms with Gasteiger partial charge in [-0.05, 0) is 37.6 Å². The molecule has 1 aromatic carbocycles. The maximum atomic E-state index is 12.4. The lowest BCUT2D eigenvalue weighted by Gasteiger charge is -2.27. The maximum absolute atomic E-state index is 12.4. The number of aromatic nitrogens is 3. The highest BCUT2D eigenvalue weighted by molar-refractivity contribution is 5.92. The summed E-state index contributed by atoms with van der Waals surface area (Å²) in [4.78, 5) is 26.3. The smallest absolute Gasteiger partial charge is 0.259 e. The molecule has 4 rings (SSSR count). The average Bonchev–Trinajstić information content (AvgIpc) is 3.19. The van der Waals surface area contributed by atoms with Gasteiger partial charge in [0.25, 0.3) is 5.91 Å². The van der Waals surface area contributed by atoms with Crippen molar-refractivity contribution in [1.82, 2.24) is 25.2 Å². The number of benzene rings is 1. The Labute approximate surface area is 179 Å². The van der Waals surface area contributed by atoms with E-state index in [2.05, 4.69) is 25.6 Å². The number of aliphatic hydroxyl groups excluding tert-OH is 1. The number of hydrogen-bond acceptors (Lipinski definition) is 8. The summed E-state index contributed by atoms with van der Waals surface area (Å²) in [7, 11) is 3.40. The number of anilines is 2. The first-order valence-electron chi connectivity index (χ1n) is 10.1. The molecule has 10 heteroatoms. The Morgan fingerprint density at radius 1 is 1.35 bits per heavy atom. The molecule has 0 saturated carbocycles. The van der Waals surface area contributed by atoms with Gasteiger partial charge in [0.05, 0.1) is 19.1 Å². The standard InChI is InChI=1S/C21H26N6O4/c1-27-7-3-4-13-9-22-20-19(13)21(24-12-23-20)25-14-5-6-15(30-2)16(8-14)31-11-18(29)26-17(27)10-28/h5-6,8-9,12,17,28H,3-4,7,10-11H2,1-2H3,(H,26,29)(H2,22,23,24,25). The first-order valence-corrected chi connectivity index (χ1v) is 10.1. The van der Waals surface area contributed by atoms with Gasteiger partial charge in [0.15, 0.2) is 18.1 Å². The van der Waals surface area contributed by atoms with Crippen molar-refractivity contribution < 1.29 is 19.4 Å². The number of likely N-dealkylation sites (N-methyl/N-ethyl adjacent to an activating group) is 1. The molecule has 0 aliphatic carbocycles. The predicted molar refractivity (Wildman–Crippen MR) is 116 cm³/mol. The number of fused-ring (bicyclic) bond motifs is 2. The molecule has 3 heterocycles. The van der Waals surface area contributed by atoms with Gasteiger partial charge in [-0.3, -0.25) is 9.69 Å². The van der Waals surface area contributed by atoms with Crippen molar-refractivity contribution in [2.45, 2.75) is 19.0 Å². The summed E-state index contributed by atoms with van der Waals surface area (Å²) < 4.78 is 11.1. The number of nitrogens with zero attached hydrogens (tertiary/aromatic N) is 3. The molecule has 4 N–H and O–H groups in total. The summed E-state index contributed by atoms with van der Waals surface area (Å²) >= 11 is 0. The van der Waals surface area contributed by atoms with Crippen molar-refractivity contribution in [3.8, 4) is 11.5 Å². The van der Waals surface area contributed by atoms with Crippen molar-refractivity contribution in [2.75, 3.05) is 39.2 Å². The summed E-state index contributed by atoms with van der Waals surface area (Å²) in [6, 6.07) is 5.37. The fraction of sp³-hybridized carbons (Fsp3) is 0.381. The molecular formula is C21H26N6O4. The molecule has 0 spiro atoms. The average molecular weight is 426 g/mol. The Morgan fingerprint density at radius 3 is 3.03 bits per heavy atom. The largest absolute Gasteiger partial charge is 0.493 e. The van der Waals surface area contributed by atoms with E-state index in [0.29, 0.717) is 23.9 Å². The van der Waals surface area contributed by atoms with Crippen LogP contribution in [0.1, 0.15) is 12.0 Å². The zero-order chi connectivity index (χ0) is 21.8. The van der Waals surface area contributed by atoms with E-state index in [0.717, 1.165) is 35.1 Å². The van der Waals surface area contributed by atoms with Gasteiger partial charge in [-0.1, -0.05) is 0 Å². The number of methoxy groups -OCH3 is 1. The third-order valence-electron chi connectivity index (χ3n) is 5.33. The van der Waals surface area contributed by atoms with Gasteiger partial charge in [-0.15, -0.1) is 0 Å². The number of nitrogens with one attached hydrogen (secondary N) is 3. The molecule has 0 radical (unpaired) electrons. The molecule has 1 aliphatic rings. The van der Waals surface area contributed by atoms with Gasteiger partial charge in [0, 0.05) is 24.5 Å². The van der Waals surface area contributed by atoms with Gasteiger partial charge in [0.1, 0.15) is 24.0 Å². The summed E-state index contributed by atoms with van der Waals surface area (Å²) in [6.45, 7) is 0.280. The molecule has 0 saturated heterocycles. The number of rotatable bonds is 2. The highest BCUT2D eigenvalue weighted by atomic mass is 16.5. The first kappa shape index (κ1) is 20.9. The molecule has 3 aromatic rings.